The van der Waals surface area contributed by atoms with Crippen LogP contribution in [0.3, 0.4) is 0 Å². The molecule has 6 nitrogen and oxygen atoms in total. The molecule has 1 amide bonds. The molecule has 7 heteroatoms. The van der Waals surface area contributed by atoms with Gasteiger partial charge in [-0.3, -0.25) is 4.79 Å². The highest BCUT2D eigenvalue weighted by Crippen LogP contribution is 2.20. The normalized spacial score (nSPS) is 10.8. The second-order valence-corrected chi connectivity index (χ2v) is 8.19. The molecule has 0 bridgehead atoms. The summed E-state index contributed by atoms with van der Waals surface area (Å²) in [6.07, 6.45) is 1.50. The highest BCUT2D eigenvalue weighted by Gasteiger charge is 2.11. The lowest BCUT2D eigenvalue weighted by Crippen LogP contribution is -2.24. The number of nitrogens with one attached hydrogen (secondary N) is 1. The molecular formula is C26H19IN2O4. The molecule has 4 rings (SSSR count). The quantitative estimate of drug-likeness (QED) is 0.113. The minimum atomic E-state index is -0.417. The Hall–Kier alpha value is -3.72. The molecule has 0 aliphatic rings. The monoisotopic (exact) mass is 550 g/mol. The van der Waals surface area contributed by atoms with Crippen LogP contribution in [0.4, 0.5) is 0 Å². The third kappa shape index (κ3) is 6.17. The molecule has 0 unspecified atom stereocenters. The minimum Gasteiger partial charge on any atom is -0.484 e. The molecule has 33 heavy (non-hydrogen) atoms. The molecule has 0 spiro atoms. The highest BCUT2D eigenvalue weighted by molar-refractivity contribution is 14.1. The standard InChI is InChI=1S/C26H19IN2O4/c27-24-8-4-3-7-23(24)26(31)33-21-12-9-18(10-13-21)16-28-29-25(30)17-32-22-14-11-19-5-1-2-6-20(19)15-22/h1-16H,17H2,(H,29,30)/b28-16+. The SMILES string of the molecule is O=C(COc1ccc2ccccc2c1)N/N=C/c1ccc(OC(=O)c2ccccc2I)cc1. The van der Waals surface area contributed by atoms with Crippen molar-refractivity contribution in [2.24, 2.45) is 5.10 Å². The van der Waals surface area contributed by atoms with E-state index < -0.39 is 5.97 Å². The van der Waals surface area contributed by atoms with Crippen molar-refractivity contribution >= 4 is 51.5 Å². The number of halogens is 1. The van der Waals surface area contributed by atoms with Crippen LogP contribution >= 0.6 is 22.6 Å². The molecule has 0 aromatic heterocycles. The van der Waals surface area contributed by atoms with Gasteiger partial charge in [-0.1, -0.05) is 42.5 Å². The maximum Gasteiger partial charge on any atom is 0.344 e. The largest absolute Gasteiger partial charge is 0.484 e. The summed E-state index contributed by atoms with van der Waals surface area (Å²) in [7, 11) is 0. The molecule has 0 aliphatic carbocycles. The number of esters is 1. The summed E-state index contributed by atoms with van der Waals surface area (Å²) in [4.78, 5) is 24.3. The van der Waals surface area contributed by atoms with Crippen LogP contribution in [0.1, 0.15) is 15.9 Å². The van der Waals surface area contributed by atoms with Crippen molar-refractivity contribution in [3.8, 4) is 11.5 Å². The van der Waals surface area contributed by atoms with Crippen LogP contribution in [0.2, 0.25) is 0 Å². The first-order valence-electron chi connectivity index (χ1n) is 10.1. The minimum absolute atomic E-state index is 0.150. The first kappa shape index (κ1) is 22.5. The van der Waals surface area contributed by atoms with Crippen LogP contribution in [0.5, 0.6) is 11.5 Å². The maximum atomic E-state index is 12.3. The predicted molar refractivity (Wildman–Crippen MR) is 136 cm³/mol. The van der Waals surface area contributed by atoms with Crippen molar-refractivity contribution in [3.63, 3.8) is 0 Å². The fraction of sp³-hybridized carbons (Fsp3) is 0.0385. The van der Waals surface area contributed by atoms with Gasteiger partial charge in [-0.25, -0.2) is 10.2 Å². The van der Waals surface area contributed by atoms with E-state index in [-0.39, 0.29) is 12.5 Å². The van der Waals surface area contributed by atoms with Crippen molar-refractivity contribution in [1.29, 1.82) is 0 Å². The van der Waals surface area contributed by atoms with Crippen LogP contribution in [0.25, 0.3) is 10.8 Å². The number of ether oxygens (including phenoxy) is 2. The van der Waals surface area contributed by atoms with Gasteiger partial charge in [0.05, 0.1) is 11.8 Å². The van der Waals surface area contributed by atoms with E-state index in [9.17, 15) is 9.59 Å². The summed E-state index contributed by atoms with van der Waals surface area (Å²) < 4.78 is 11.8. The third-order valence-electron chi connectivity index (χ3n) is 4.68. The molecule has 0 heterocycles. The Balaban J connectivity index is 1.26. The van der Waals surface area contributed by atoms with Gasteiger partial charge in [0.1, 0.15) is 11.5 Å². The van der Waals surface area contributed by atoms with Crippen molar-refractivity contribution in [1.82, 2.24) is 5.43 Å². The molecule has 0 fully saturated rings. The third-order valence-corrected chi connectivity index (χ3v) is 5.62. The second-order valence-electron chi connectivity index (χ2n) is 7.03. The van der Waals surface area contributed by atoms with Crippen molar-refractivity contribution in [2.75, 3.05) is 6.61 Å². The summed E-state index contributed by atoms with van der Waals surface area (Å²) in [5.41, 5.74) is 3.68. The van der Waals surface area contributed by atoms with Gasteiger partial charge in [0, 0.05) is 3.57 Å². The number of rotatable bonds is 7. The molecule has 4 aromatic carbocycles. The highest BCUT2D eigenvalue weighted by atomic mass is 127. The maximum absolute atomic E-state index is 12.3. The molecule has 0 saturated carbocycles. The number of hydrogen-bond donors (Lipinski definition) is 1. The number of hydrazone groups is 1. The van der Waals surface area contributed by atoms with Crippen molar-refractivity contribution < 1.29 is 19.1 Å². The number of carbonyl (C=O) groups excluding carboxylic acids is 2. The van der Waals surface area contributed by atoms with E-state index in [4.69, 9.17) is 9.47 Å². The molecule has 0 atom stereocenters. The zero-order chi connectivity index (χ0) is 23.0. The summed E-state index contributed by atoms with van der Waals surface area (Å²) in [6.45, 7) is -0.150. The zero-order valence-electron chi connectivity index (χ0n) is 17.4. The van der Waals surface area contributed by atoms with Crippen molar-refractivity contribution in [2.45, 2.75) is 0 Å². The van der Waals surface area contributed by atoms with E-state index in [1.165, 1.54) is 6.21 Å². The van der Waals surface area contributed by atoms with E-state index in [0.717, 1.165) is 19.9 Å². The Bertz CT molecular complexity index is 1320. The van der Waals surface area contributed by atoms with Gasteiger partial charge in [0.15, 0.2) is 6.61 Å². The average molecular weight is 550 g/mol. The Kier molecular flexibility index (Phi) is 7.31. The first-order valence-corrected chi connectivity index (χ1v) is 11.2. The number of carbonyl (C=O) groups is 2. The Morgan fingerprint density at radius 3 is 2.33 bits per heavy atom. The Labute approximate surface area is 204 Å². The predicted octanol–water partition coefficient (Wildman–Crippen LogP) is 5.19. The molecule has 4 aromatic rings. The summed E-state index contributed by atoms with van der Waals surface area (Å²) >= 11 is 2.09. The second kappa shape index (κ2) is 10.7. The van der Waals surface area contributed by atoms with Gasteiger partial charge < -0.3 is 9.47 Å². The number of nitrogens with zero attached hydrogens (tertiary/aromatic N) is 1. The summed E-state index contributed by atoms with van der Waals surface area (Å²) in [5.74, 6) is 0.246. The lowest BCUT2D eigenvalue weighted by molar-refractivity contribution is -0.123. The van der Waals surface area contributed by atoms with Gasteiger partial charge in [-0.15, -0.1) is 0 Å². The lowest BCUT2D eigenvalue weighted by atomic mass is 10.1. The van der Waals surface area contributed by atoms with Crippen LogP contribution < -0.4 is 14.9 Å². The van der Waals surface area contributed by atoms with Gasteiger partial charge in [-0.05, 0) is 87.5 Å². The fourth-order valence-corrected chi connectivity index (χ4v) is 3.64. The Morgan fingerprint density at radius 2 is 1.55 bits per heavy atom. The van der Waals surface area contributed by atoms with Gasteiger partial charge >= 0.3 is 5.97 Å². The topological polar surface area (TPSA) is 77.0 Å². The molecule has 0 radical (unpaired) electrons. The van der Waals surface area contributed by atoms with E-state index in [1.54, 1.807) is 36.4 Å². The molecular weight excluding hydrogens is 531 g/mol. The average Bonchev–Trinajstić information content (AvgIpc) is 2.84. The molecule has 164 valence electrons. The number of benzene rings is 4. The van der Waals surface area contributed by atoms with Gasteiger partial charge in [0.2, 0.25) is 0 Å². The molecule has 1 N–H and O–H groups in total. The van der Waals surface area contributed by atoms with Gasteiger partial charge in [-0.2, -0.15) is 5.10 Å². The van der Waals surface area contributed by atoms with E-state index in [0.29, 0.717) is 17.1 Å². The van der Waals surface area contributed by atoms with E-state index >= 15 is 0 Å². The van der Waals surface area contributed by atoms with Crippen LogP contribution in [-0.2, 0) is 4.79 Å². The Morgan fingerprint density at radius 1 is 0.848 bits per heavy atom. The number of amides is 1. The summed E-state index contributed by atoms with van der Waals surface area (Å²) in [6, 6.07) is 27.6. The fourth-order valence-electron chi connectivity index (χ4n) is 3.03. The van der Waals surface area contributed by atoms with Crippen LogP contribution in [0, 0.1) is 3.57 Å². The van der Waals surface area contributed by atoms with E-state index in [2.05, 4.69) is 33.1 Å². The molecule has 0 aliphatic heterocycles. The van der Waals surface area contributed by atoms with Crippen LogP contribution in [-0.4, -0.2) is 24.7 Å². The first-order chi connectivity index (χ1) is 16.1. The van der Waals surface area contributed by atoms with E-state index in [1.807, 2.05) is 54.6 Å². The van der Waals surface area contributed by atoms with Crippen molar-refractivity contribution in [3.05, 3.63) is 106 Å². The van der Waals surface area contributed by atoms with Crippen LogP contribution in [0.15, 0.2) is 96.1 Å². The summed E-state index contributed by atoms with van der Waals surface area (Å²) in [5, 5.41) is 6.09. The number of hydrogen-bond acceptors (Lipinski definition) is 5. The smallest absolute Gasteiger partial charge is 0.344 e. The number of fused-ring (bicyclic) bond motifs is 1. The van der Waals surface area contributed by atoms with Gasteiger partial charge in [0.25, 0.3) is 5.91 Å². The molecule has 0 saturated heterocycles. The zero-order valence-corrected chi connectivity index (χ0v) is 19.6. The lowest BCUT2D eigenvalue weighted by Gasteiger charge is -2.06.